The van der Waals surface area contributed by atoms with Crippen molar-refractivity contribution in [3.8, 4) is 11.3 Å². The van der Waals surface area contributed by atoms with Crippen LogP contribution in [0.3, 0.4) is 0 Å². The minimum Gasteiger partial charge on any atom is -0.396 e. The third-order valence-electron chi connectivity index (χ3n) is 3.73. The van der Waals surface area contributed by atoms with Gasteiger partial charge in [0, 0.05) is 43.2 Å². The summed E-state index contributed by atoms with van der Waals surface area (Å²) in [6.07, 6.45) is 3.58. The van der Waals surface area contributed by atoms with Gasteiger partial charge in [0.1, 0.15) is 5.69 Å². The second-order valence-electron chi connectivity index (χ2n) is 5.80. The van der Waals surface area contributed by atoms with E-state index in [0.717, 1.165) is 0 Å². The maximum absolute atomic E-state index is 13.8. The molecule has 3 rings (SSSR count). The molecule has 0 bridgehead atoms. The van der Waals surface area contributed by atoms with Gasteiger partial charge in [-0.3, -0.25) is 15.8 Å². The van der Waals surface area contributed by atoms with Crippen LogP contribution < -0.4 is 16.2 Å². The normalized spacial score (nSPS) is 10.7. The molecule has 4 N–H and O–H groups in total. The molecular formula is C18H16F4N6O. The van der Waals surface area contributed by atoms with E-state index in [9.17, 15) is 17.6 Å². The Morgan fingerprint density at radius 2 is 1.72 bits per heavy atom. The predicted molar refractivity (Wildman–Crippen MR) is 99.0 cm³/mol. The first kappa shape index (κ1) is 20.3. The number of aliphatic hydroxyl groups excluding tert-OH is 1. The molecule has 0 amide bonds. The fourth-order valence-corrected chi connectivity index (χ4v) is 2.34. The summed E-state index contributed by atoms with van der Waals surface area (Å²) in [5, 5.41) is 11.8. The SMILES string of the molecule is OCCCNc1nc(NNc2c(F)c(F)cc(F)c2F)cc(-c2cccnc2)n1. The molecule has 0 aliphatic carbocycles. The quantitative estimate of drug-likeness (QED) is 0.197. The van der Waals surface area contributed by atoms with Crippen molar-refractivity contribution in [2.24, 2.45) is 0 Å². The monoisotopic (exact) mass is 408 g/mol. The lowest BCUT2D eigenvalue weighted by Crippen LogP contribution is -2.16. The molecule has 0 radical (unpaired) electrons. The third-order valence-corrected chi connectivity index (χ3v) is 3.73. The van der Waals surface area contributed by atoms with Gasteiger partial charge in [0.25, 0.3) is 0 Å². The number of halogens is 4. The number of aromatic nitrogens is 3. The van der Waals surface area contributed by atoms with E-state index in [2.05, 4.69) is 31.1 Å². The van der Waals surface area contributed by atoms with Crippen molar-refractivity contribution in [2.75, 3.05) is 29.3 Å². The van der Waals surface area contributed by atoms with Crippen LogP contribution in [-0.4, -0.2) is 33.2 Å². The fraction of sp³-hybridized carbons (Fsp3) is 0.167. The van der Waals surface area contributed by atoms with Crippen molar-refractivity contribution in [2.45, 2.75) is 6.42 Å². The summed E-state index contributed by atoms with van der Waals surface area (Å²) in [4.78, 5) is 12.4. The number of anilines is 3. The van der Waals surface area contributed by atoms with Crippen LogP contribution in [0, 0.1) is 23.3 Å². The molecule has 1 aromatic carbocycles. The molecule has 0 atom stereocenters. The highest BCUT2D eigenvalue weighted by Crippen LogP contribution is 2.25. The third kappa shape index (κ3) is 4.88. The van der Waals surface area contributed by atoms with E-state index >= 15 is 0 Å². The van der Waals surface area contributed by atoms with E-state index in [-0.39, 0.29) is 24.4 Å². The molecule has 11 heteroatoms. The highest BCUT2D eigenvalue weighted by Gasteiger charge is 2.19. The largest absolute Gasteiger partial charge is 0.396 e. The maximum Gasteiger partial charge on any atom is 0.225 e. The van der Waals surface area contributed by atoms with Crippen LogP contribution in [0.1, 0.15) is 6.42 Å². The van der Waals surface area contributed by atoms with Gasteiger partial charge in [0.05, 0.1) is 5.69 Å². The van der Waals surface area contributed by atoms with Crippen molar-refractivity contribution in [1.82, 2.24) is 15.0 Å². The lowest BCUT2D eigenvalue weighted by molar-refractivity contribution is 0.292. The van der Waals surface area contributed by atoms with Crippen LogP contribution in [0.4, 0.5) is 35.0 Å². The molecule has 0 spiro atoms. The summed E-state index contributed by atoms with van der Waals surface area (Å²) in [5.74, 6) is -6.03. The van der Waals surface area contributed by atoms with Gasteiger partial charge < -0.3 is 10.4 Å². The molecule has 7 nitrogen and oxygen atoms in total. The zero-order valence-electron chi connectivity index (χ0n) is 14.9. The van der Waals surface area contributed by atoms with E-state index in [1.807, 2.05) is 0 Å². The molecule has 0 aliphatic heterocycles. The smallest absolute Gasteiger partial charge is 0.225 e. The summed E-state index contributed by atoms with van der Waals surface area (Å²) in [6, 6.07) is 5.00. The van der Waals surface area contributed by atoms with Crippen molar-refractivity contribution in [3.63, 3.8) is 0 Å². The number of rotatable bonds is 8. The number of hydrazine groups is 1. The first-order valence-corrected chi connectivity index (χ1v) is 8.49. The Morgan fingerprint density at radius 3 is 2.38 bits per heavy atom. The van der Waals surface area contributed by atoms with Gasteiger partial charge in [-0.05, 0) is 18.6 Å². The molecular weight excluding hydrogens is 392 g/mol. The Bertz CT molecular complexity index is 964. The van der Waals surface area contributed by atoms with Crippen LogP contribution in [-0.2, 0) is 0 Å². The number of nitrogens with zero attached hydrogens (tertiary/aromatic N) is 3. The number of pyridine rings is 1. The van der Waals surface area contributed by atoms with Gasteiger partial charge in [0.2, 0.25) is 5.95 Å². The van der Waals surface area contributed by atoms with Gasteiger partial charge in [-0.1, -0.05) is 0 Å². The zero-order chi connectivity index (χ0) is 20.8. The second-order valence-corrected chi connectivity index (χ2v) is 5.80. The molecule has 152 valence electrons. The van der Waals surface area contributed by atoms with E-state index in [0.29, 0.717) is 24.2 Å². The number of hydrogen-bond acceptors (Lipinski definition) is 7. The lowest BCUT2D eigenvalue weighted by Gasteiger charge is -2.14. The van der Waals surface area contributed by atoms with Crippen LogP contribution in [0.2, 0.25) is 0 Å². The summed E-state index contributed by atoms with van der Waals surface area (Å²) < 4.78 is 54.3. The van der Waals surface area contributed by atoms with E-state index in [1.165, 1.54) is 6.07 Å². The summed E-state index contributed by atoms with van der Waals surface area (Å²) in [5.41, 5.74) is 4.55. The lowest BCUT2D eigenvalue weighted by atomic mass is 10.2. The first-order valence-electron chi connectivity index (χ1n) is 8.49. The molecule has 0 unspecified atom stereocenters. The maximum atomic E-state index is 13.8. The molecule has 0 aliphatic rings. The summed E-state index contributed by atoms with van der Waals surface area (Å²) in [7, 11) is 0. The highest BCUT2D eigenvalue weighted by atomic mass is 19.2. The molecule has 29 heavy (non-hydrogen) atoms. The fourth-order valence-electron chi connectivity index (χ4n) is 2.34. The Kier molecular flexibility index (Phi) is 6.39. The predicted octanol–water partition coefficient (Wildman–Crippen LogP) is 3.33. The molecule has 3 aromatic rings. The summed E-state index contributed by atoms with van der Waals surface area (Å²) in [6.45, 7) is 0.337. The van der Waals surface area contributed by atoms with Gasteiger partial charge >= 0.3 is 0 Å². The van der Waals surface area contributed by atoms with Gasteiger partial charge in [-0.25, -0.2) is 22.5 Å². The Balaban J connectivity index is 1.89. The topological polar surface area (TPSA) is 95.0 Å². The average molecular weight is 408 g/mol. The van der Waals surface area contributed by atoms with Crippen molar-refractivity contribution in [3.05, 3.63) is 59.9 Å². The Hall–Kier alpha value is -3.47. The van der Waals surface area contributed by atoms with Crippen LogP contribution >= 0.6 is 0 Å². The molecule has 0 fully saturated rings. The van der Waals surface area contributed by atoms with Crippen LogP contribution in [0.15, 0.2) is 36.7 Å². The van der Waals surface area contributed by atoms with Crippen molar-refractivity contribution < 1.29 is 22.7 Å². The van der Waals surface area contributed by atoms with Gasteiger partial charge in [-0.2, -0.15) is 4.98 Å². The molecule has 0 saturated carbocycles. The number of hydrogen-bond donors (Lipinski definition) is 4. The second kappa shape index (κ2) is 9.15. The average Bonchev–Trinajstić information content (AvgIpc) is 2.73. The number of nitrogens with one attached hydrogen (secondary N) is 3. The first-order chi connectivity index (χ1) is 14.0. The minimum absolute atomic E-state index is 0.0361. The highest BCUT2D eigenvalue weighted by molar-refractivity contribution is 5.64. The van der Waals surface area contributed by atoms with Crippen LogP contribution in [0.25, 0.3) is 11.3 Å². The standard InChI is InChI=1S/C18H16F4N6O/c19-11-7-12(20)16(22)17(15(11)21)28-27-14-8-13(10-3-1-4-23-9-10)25-18(26-14)24-5-2-6-29/h1,3-4,7-9,28-29H,2,5-6H2,(H2,24,25,26,27). The summed E-state index contributed by atoms with van der Waals surface area (Å²) >= 11 is 0. The van der Waals surface area contributed by atoms with E-state index in [4.69, 9.17) is 5.11 Å². The number of aliphatic hydroxyl groups is 1. The zero-order valence-corrected chi connectivity index (χ0v) is 14.9. The van der Waals surface area contributed by atoms with Crippen LogP contribution in [0.5, 0.6) is 0 Å². The van der Waals surface area contributed by atoms with Gasteiger partial charge in [-0.15, -0.1) is 0 Å². The van der Waals surface area contributed by atoms with Gasteiger partial charge in [0.15, 0.2) is 29.1 Å². The Morgan fingerprint density at radius 1 is 0.966 bits per heavy atom. The molecule has 0 saturated heterocycles. The molecule has 2 heterocycles. The van der Waals surface area contributed by atoms with Crippen molar-refractivity contribution >= 4 is 17.5 Å². The molecule has 2 aromatic heterocycles. The van der Waals surface area contributed by atoms with Crippen molar-refractivity contribution in [1.29, 1.82) is 0 Å². The Labute approximate surface area is 162 Å². The van der Waals surface area contributed by atoms with E-state index < -0.39 is 29.0 Å². The van der Waals surface area contributed by atoms with E-state index in [1.54, 1.807) is 24.5 Å². The minimum atomic E-state index is -1.58. The number of benzene rings is 1.